The van der Waals surface area contributed by atoms with E-state index < -0.39 is 43.4 Å². The van der Waals surface area contributed by atoms with Crippen molar-refractivity contribution < 1.29 is 63.2 Å². The summed E-state index contributed by atoms with van der Waals surface area (Å²) in [6.07, 6.45) is -3.62. The van der Waals surface area contributed by atoms with Crippen LogP contribution < -0.4 is 45.7 Å². The van der Waals surface area contributed by atoms with Crippen LogP contribution in [0.1, 0.15) is 19.6 Å². The summed E-state index contributed by atoms with van der Waals surface area (Å²) in [5.41, 5.74) is -1.38. The molecule has 1 aliphatic rings. The van der Waals surface area contributed by atoms with Crippen molar-refractivity contribution in [2.24, 2.45) is 0 Å². The molecule has 27 heavy (non-hydrogen) atoms. The minimum atomic E-state index is -3.86. The van der Waals surface area contributed by atoms with Gasteiger partial charge in [-0.15, -0.1) is 0 Å². The molecule has 1 aromatic rings. The third kappa shape index (κ3) is 6.90. The molecule has 1 fully saturated rings. The number of H-pyrrole nitrogens is 1. The Bertz CT molecular complexity index is 755. The van der Waals surface area contributed by atoms with E-state index in [1.54, 1.807) is 6.92 Å². The van der Waals surface area contributed by atoms with E-state index in [1.807, 2.05) is 4.98 Å². The van der Waals surface area contributed by atoms with E-state index in [2.05, 4.69) is 4.52 Å². The third-order valence-corrected chi connectivity index (χ3v) is 5.31. The molecule has 0 aromatic carbocycles. The van der Waals surface area contributed by atoms with Gasteiger partial charge in [0.25, 0.3) is 5.56 Å². The molecule has 1 aromatic heterocycles. The number of aromatic nitrogens is 2. The summed E-state index contributed by atoms with van der Waals surface area (Å²) >= 11 is 0. The Balaban J connectivity index is 0.00000364. The molecule has 0 bridgehead atoms. The average molecular weight is 416 g/mol. The molecule has 1 unspecified atom stereocenters. The molecule has 0 aliphatic carbocycles. The van der Waals surface area contributed by atoms with Crippen LogP contribution in [0.3, 0.4) is 0 Å². The fraction of sp³-hybridized carbons (Fsp3) is 0.714. The van der Waals surface area contributed by atoms with Crippen LogP contribution in [0, 0.1) is 0 Å². The van der Waals surface area contributed by atoms with Crippen molar-refractivity contribution in [3.05, 3.63) is 33.1 Å². The maximum Gasteiger partial charge on any atom is 1.00 e. The van der Waals surface area contributed by atoms with Gasteiger partial charge in [-0.2, -0.15) is 0 Å². The molecule has 1 saturated heterocycles. The first kappa shape index (κ1) is 24.7. The van der Waals surface area contributed by atoms with Crippen LogP contribution in [-0.4, -0.2) is 64.1 Å². The minimum Gasteiger partial charge on any atom is -0.778 e. The van der Waals surface area contributed by atoms with Crippen LogP contribution >= 0.6 is 7.60 Å². The van der Waals surface area contributed by atoms with Crippen LogP contribution in [0.25, 0.3) is 0 Å². The summed E-state index contributed by atoms with van der Waals surface area (Å²) in [5, 5.41) is 20.1. The molecule has 13 heteroatoms. The first-order valence-electron chi connectivity index (χ1n) is 8.10. The summed E-state index contributed by atoms with van der Waals surface area (Å²) in [4.78, 5) is 36.3. The zero-order chi connectivity index (χ0) is 19.3. The topological polar surface area (TPSA) is 163 Å². The molecule has 1 aliphatic heterocycles. The molecule has 11 nitrogen and oxygen atoms in total. The zero-order valence-electron chi connectivity index (χ0n) is 15.1. The van der Waals surface area contributed by atoms with Crippen molar-refractivity contribution in [3.8, 4) is 0 Å². The Morgan fingerprint density at radius 1 is 1.37 bits per heavy atom. The van der Waals surface area contributed by atoms with E-state index in [-0.39, 0.29) is 62.0 Å². The van der Waals surface area contributed by atoms with Crippen molar-refractivity contribution >= 4 is 7.60 Å². The molecular formula is C14H22N2NaO9P. The predicted molar refractivity (Wildman–Crippen MR) is 86.8 cm³/mol. The number of aromatic amines is 1. The van der Waals surface area contributed by atoms with Gasteiger partial charge in [0.05, 0.1) is 13.2 Å². The van der Waals surface area contributed by atoms with E-state index in [1.165, 1.54) is 0 Å². The van der Waals surface area contributed by atoms with Crippen molar-refractivity contribution in [3.63, 3.8) is 0 Å². The van der Waals surface area contributed by atoms with Crippen LogP contribution in [0.4, 0.5) is 0 Å². The molecule has 0 radical (unpaired) electrons. The largest absolute Gasteiger partial charge is 1.00 e. The second-order valence-corrected chi connectivity index (χ2v) is 7.67. The Morgan fingerprint density at radius 3 is 2.70 bits per heavy atom. The summed E-state index contributed by atoms with van der Waals surface area (Å²) < 4.78 is 27.7. The molecule has 2 heterocycles. The number of hydrogen-bond donors (Lipinski definition) is 3. The summed E-state index contributed by atoms with van der Waals surface area (Å²) in [6.45, 7) is 1.64. The molecule has 3 N–H and O–H groups in total. The normalized spacial score (nSPS) is 27.1. The van der Waals surface area contributed by atoms with Gasteiger partial charge in [0.1, 0.15) is 25.9 Å². The van der Waals surface area contributed by atoms with E-state index in [0.29, 0.717) is 0 Å². The maximum absolute atomic E-state index is 11.8. The monoisotopic (exact) mass is 416 g/mol. The van der Waals surface area contributed by atoms with Gasteiger partial charge in [-0.3, -0.25) is 14.3 Å². The number of nitrogens with one attached hydrogen (secondary N) is 1. The maximum atomic E-state index is 11.8. The van der Waals surface area contributed by atoms with Crippen molar-refractivity contribution in [1.82, 2.24) is 9.55 Å². The van der Waals surface area contributed by atoms with Gasteiger partial charge in [-0.25, -0.2) is 4.79 Å². The van der Waals surface area contributed by atoms with Crippen molar-refractivity contribution in [1.29, 1.82) is 0 Å². The first-order chi connectivity index (χ1) is 12.2. The number of aliphatic hydroxyl groups excluding tert-OH is 2. The predicted octanol–water partition coefficient (Wildman–Crippen LogP) is -4.84. The van der Waals surface area contributed by atoms with Gasteiger partial charge in [0, 0.05) is 25.0 Å². The standard InChI is InChI=1S/C14H23N2O9P.Na/c1-2-24-26(21,22)7-3-6-23-8-9-11(18)12(19)13(25-9)16-5-4-10(17)15-14(16)20;/h4-5,9,11-13,18-19H,2-3,6-8H2,1H3,(H,21,22)(H,15,17,20);/q;+1/p-1/t9-,11-,12-,13-;/m1./s1. The number of aliphatic hydroxyl groups is 2. The molecule has 0 spiro atoms. The molecule has 2 rings (SSSR count). The van der Waals surface area contributed by atoms with Gasteiger partial charge in [0.15, 0.2) is 6.23 Å². The Labute approximate surface area is 177 Å². The van der Waals surface area contributed by atoms with Crippen LogP contribution in [0.15, 0.2) is 21.9 Å². The molecule has 0 saturated carbocycles. The van der Waals surface area contributed by atoms with Gasteiger partial charge in [0.2, 0.25) is 0 Å². The number of nitrogens with zero attached hydrogens (tertiary/aromatic N) is 1. The van der Waals surface area contributed by atoms with Crippen LogP contribution in [0.2, 0.25) is 0 Å². The average Bonchev–Trinajstić information content (AvgIpc) is 2.83. The number of hydrogen-bond acceptors (Lipinski definition) is 9. The van der Waals surface area contributed by atoms with Crippen molar-refractivity contribution in [2.75, 3.05) is 26.0 Å². The first-order valence-corrected chi connectivity index (χ1v) is 9.83. The van der Waals surface area contributed by atoms with E-state index in [0.717, 1.165) is 16.8 Å². The van der Waals surface area contributed by atoms with E-state index >= 15 is 0 Å². The van der Waals surface area contributed by atoms with Gasteiger partial charge in [-0.1, -0.05) is 0 Å². The molecule has 0 amide bonds. The zero-order valence-corrected chi connectivity index (χ0v) is 18.0. The molecule has 148 valence electrons. The third-order valence-electron chi connectivity index (χ3n) is 3.79. The van der Waals surface area contributed by atoms with Crippen molar-refractivity contribution in [2.45, 2.75) is 37.9 Å². The second-order valence-electron chi connectivity index (χ2n) is 5.74. The van der Waals surface area contributed by atoms with Crippen LogP contribution in [-0.2, 0) is 18.6 Å². The van der Waals surface area contributed by atoms with E-state index in [9.17, 15) is 29.3 Å². The SMILES string of the molecule is CCOP(=O)([O-])CCCOC[C@H]1O[C@@H](n2ccc(=O)[nH]c2=O)[C@H](O)[C@@H]1O.[Na+]. The fourth-order valence-corrected chi connectivity index (χ4v) is 3.58. The van der Waals surface area contributed by atoms with Gasteiger partial charge >= 0.3 is 35.2 Å². The summed E-state index contributed by atoms with van der Waals surface area (Å²) in [7, 11) is -3.86. The minimum absolute atomic E-state index is 0. The van der Waals surface area contributed by atoms with Gasteiger partial charge < -0.3 is 33.7 Å². The Morgan fingerprint density at radius 2 is 2.07 bits per heavy atom. The number of ether oxygens (including phenoxy) is 2. The quantitative estimate of drug-likeness (QED) is 0.204. The molecule has 5 atom stereocenters. The van der Waals surface area contributed by atoms with E-state index in [4.69, 9.17) is 9.47 Å². The summed E-state index contributed by atoms with van der Waals surface area (Å²) in [6, 6.07) is 1.09. The summed E-state index contributed by atoms with van der Waals surface area (Å²) in [5.74, 6) is 0. The Kier molecular flexibility index (Phi) is 10.1. The second kappa shape index (κ2) is 11.0. The fourth-order valence-electron chi connectivity index (χ4n) is 2.55. The smallest absolute Gasteiger partial charge is 0.778 e. The van der Waals surface area contributed by atoms with Gasteiger partial charge in [-0.05, 0) is 13.3 Å². The molecular weight excluding hydrogens is 394 g/mol. The Hall–Kier alpha value is -0.330. The van der Waals surface area contributed by atoms with Crippen LogP contribution in [0.5, 0.6) is 0 Å². The number of rotatable bonds is 9.